The number of amides is 1. The van der Waals surface area contributed by atoms with Crippen molar-refractivity contribution >= 4 is 11.6 Å². The maximum absolute atomic E-state index is 11.1. The van der Waals surface area contributed by atoms with E-state index in [-0.39, 0.29) is 12.5 Å². The molecule has 1 aliphatic heterocycles. The lowest BCUT2D eigenvalue weighted by atomic mass is 10.1. The minimum Gasteiger partial charge on any atom is -0.396 e. The highest BCUT2D eigenvalue weighted by atomic mass is 16.3. The normalized spacial score (nSPS) is 18.4. The number of hydrogen-bond donors (Lipinski definition) is 2. The van der Waals surface area contributed by atoms with Gasteiger partial charge in [0.1, 0.15) is 0 Å². The number of rotatable bonds is 7. The predicted molar refractivity (Wildman–Crippen MR) is 108 cm³/mol. The number of nitrogens with one attached hydrogen (secondary N) is 1. The van der Waals surface area contributed by atoms with Crippen molar-refractivity contribution in [2.24, 2.45) is 0 Å². The predicted octanol–water partition coefficient (Wildman–Crippen LogP) is 2.71. The molecule has 1 atom stereocenters. The van der Waals surface area contributed by atoms with Crippen LogP contribution in [0.1, 0.15) is 24.5 Å². The fourth-order valence-corrected chi connectivity index (χ4v) is 3.70. The Kier molecular flexibility index (Phi) is 6.98. The highest BCUT2D eigenvalue weighted by molar-refractivity contribution is 5.88. The van der Waals surface area contributed by atoms with Crippen molar-refractivity contribution in [2.75, 3.05) is 31.6 Å². The molecular weight excluding hydrogens is 338 g/mol. The SMILES string of the molecule is CC(=O)Nc1ccc(CN2CCN(Cc3ccccc3)C(CCO)C2)cc1. The van der Waals surface area contributed by atoms with Gasteiger partial charge in [-0.25, -0.2) is 0 Å². The molecule has 1 unspecified atom stereocenters. The Balaban J connectivity index is 1.58. The molecule has 0 saturated carbocycles. The molecule has 1 aliphatic rings. The van der Waals surface area contributed by atoms with E-state index in [9.17, 15) is 9.90 Å². The summed E-state index contributed by atoms with van der Waals surface area (Å²) in [5.41, 5.74) is 3.39. The van der Waals surface area contributed by atoms with Crippen LogP contribution in [0, 0.1) is 0 Å². The lowest BCUT2D eigenvalue weighted by molar-refractivity contribution is -0.114. The molecule has 144 valence electrons. The standard InChI is InChI=1S/C22H29N3O2/c1-18(27)23-21-9-7-20(8-10-21)15-24-12-13-25(22(17-24)11-14-26)16-19-5-3-2-4-6-19/h2-10,22,26H,11-17H2,1H3,(H,23,27). The molecule has 2 aromatic rings. The molecule has 27 heavy (non-hydrogen) atoms. The van der Waals surface area contributed by atoms with Crippen LogP contribution < -0.4 is 5.32 Å². The van der Waals surface area contributed by atoms with E-state index in [4.69, 9.17) is 0 Å². The summed E-state index contributed by atoms with van der Waals surface area (Å²) in [7, 11) is 0. The zero-order valence-corrected chi connectivity index (χ0v) is 16.0. The van der Waals surface area contributed by atoms with Crippen molar-refractivity contribution in [1.29, 1.82) is 0 Å². The minimum absolute atomic E-state index is 0.0517. The Bertz CT molecular complexity index is 718. The molecule has 0 bridgehead atoms. The number of piperazine rings is 1. The van der Waals surface area contributed by atoms with Crippen molar-refractivity contribution < 1.29 is 9.90 Å². The molecule has 2 aromatic carbocycles. The van der Waals surface area contributed by atoms with E-state index in [0.29, 0.717) is 6.04 Å². The van der Waals surface area contributed by atoms with Gasteiger partial charge in [-0.1, -0.05) is 42.5 Å². The van der Waals surface area contributed by atoms with Crippen molar-refractivity contribution in [3.63, 3.8) is 0 Å². The molecule has 1 amide bonds. The van der Waals surface area contributed by atoms with Gasteiger partial charge >= 0.3 is 0 Å². The van der Waals surface area contributed by atoms with E-state index < -0.39 is 0 Å². The lowest BCUT2D eigenvalue weighted by Gasteiger charge is -2.41. The number of nitrogens with zero attached hydrogens (tertiary/aromatic N) is 2. The van der Waals surface area contributed by atoms with E-state index in [1.165, 1.54) is 18.1 Å². The fraction of sp³-hybridized carbons (Fsp3) is 0.409. The quantitative estimate of drug-likeness (QED) is 0.790. The van der Waals surface area contributed by atoms with Crippen LogP contribution in [0.2, 0.25) is 0 Å². The van der Waals surface area contributed by atoms with Gasteiger partial charge in [0, 0.05) is 58.0 Å². The van der Waals surface area contributed by atoms with Gasteiger partial charge in [0.2, 0.25) is 5.91 Å². The van der Waals surface area contributed by atoms with Crippen LogP contribution in [0.15, 0.2) is 54.6 Å². The maximum Gasteiger partial charge on any atom is 0.221 e. The average Bonchev–Trinajstić information content (AvgIpc) is 2.66. The van der Waals surface area contributed by atoms with Crippen molar-refractivity contribution in [3.05, 3.63) is 65.7 Å². The molecule has 1 fully saturated rings. The molecule has 5 nitrogen and oxygen atoms in total. The summed E-state index contributed by atoms with van der Waals surface area (Å²) in [6.45, 7) is 6.54. The molecule has 0 spiro atoms. The second-order valence-electron chi connectivity index (χ2n) is 7.24. The van der Waals surface area contributed by atoms with Crippen LogP contribution in [-0.4, -0.2) is 53.1 Å². The molecule has 0 aliphatic carbocycles. The highest BCUT2D eigenvalue weighted by Crippen LogP contribution is 2.19. The van der Waals surface area contributed by atoms with E-state index in [1.54, 1.807) is 0 Å². The minimum atomic E-state index is -0.0517. The third-order valence-electron chi connectivity index (χ3n) is 5.06. The summed E-state index contributed by atoms with van der Waals surface area (Å²) in [6, 6.07) is 18.9. The molecule has 5 heteroatoms. The smallest absolute Gasteiger partial charge is 0.221 e. The van der Waals surface area contributed by atoms with Crippen molar-refractivity contribution in [1.82, 2.24) is 9.80 Å². The first-order valence-electron chi connectivity index (χ1n) is 9.62. The fourth-order valence-electron chi connectivity index (χ4n) is 3.70. The van der Waals surface area contributed by atoms with Gasteiger partial charge in [0.25, 0.3) is 0 Å². The molecule has 0 aromatic heterocycles. The number of aliphatic hydroxyl groups excluding tert-OH is 1. The highest BCUT2D eigenvalue weighted by Gasteiger charge is 2.26. The summed E-state index contributed by atoms with van der Waals surface area (Å²) in [4.78, 5) is 16.1. The maximum atomic E-state index is 11.1. The van der Waals surface area contributed by atoms with Crippen LogP contribution >= 0.6 is 0 Å². The number of hydrogen-bond acceptors (Lipinski definition) is 4. The second kappa shape index (κ2) is 9.65. The first-order valence-corrected chi connectivity index (χ1v) is 9.62. The first kappa shape index (κ1) is 19.5. The van der Waals surface area contributed by atoms with Crippen molar-refractivity contribution in [2.45, 2.75) is 32.5 Å². The van der Waals surface area contributed by atoms with E-state index in [0.717, 1.165) is 44.8 Å². The van der Waals surface area contributed by atoms with Crippen LogP contribution in [0.4, 0.5) is 5.69 Å². The largest absolute Gasteiger partial charge is 0.396 e. The Hall–Kier alpha value is -2.21. The first-order chi connectivity index (χ1) is 13.1. The Morgan fingerprint density at radius 3 is 2.41 bits per heavy atom. The zero-order chi connectivity index (χ0) is 19.1. The molecule has 1 heterocycles. The van der Waals surface area contributed by atoms with Gasteiger partial charge in [-0.3, -0.25) is 14.6 Å². The Labute approximate surface area is 161 Å². The Morgan fingerprint density at radius 1 is 1.04 bits per heavy atom. The second-order valence-corrected chi connectivity index (χ2v) is 7.24. The van der Waals surface area contributed by atoms with Gasteiger partial charge in [-0.15, -0.1) is 0 Å². The van der Waals surface area contributed by atoms with Crippen LogP contribution in [0.3, 0.4) is 0 Å². The van der Waals surface area contributed by atoms with E-state index >= 15 is 0 Å². The van der Waals surface area contributed by atoms with Gasteiger partial charge in [-0.05, 0) is 29.7 Å². The number of carbonyl (C=O) groups excluding carboxylic acids is 1. The van der Waals surface area contributed by atoms with Crippen LogP contribution in [0.25, 0.3) is 0 Å². The summed E-state index contributed by atoms with van der Waals surface area (Å²) >= 11 is 0. The van der Waals surface area contributed by atoms with Gasteiger partial charge in [0.15, 0.2) is 0 Å². The van der Waals surface area contributed by atoms with Gasteiger partial charge < -0.3 is 10.4 Å². The molecular formula is C22H29N3O2. The molecule has 1 saturated heterocycles. The average molecular weight is 367 g/mol. The topological polar surface area (TPSA) is 55.8 Å². The van der Waals surface area contributed by atoms with Gasteiger partial charge in [-0.2, -0.15) is 0 Å². The van der Waals surface area contributed by atoms with Crippen LogP contribution in [0.5, 0.6) is 0 Å². The summed E-state index contributed by atoms with van der Waals surface area (Å²) in [5, 5.41) is 12.3. The van der Waals surface area contributed by atoms with E-state index in [2.05, 4.69) is 51.5 Å². The Morgan fingerprint density at radius 2 is 1.74 bits per heavy atom. The molecule has 0 radical (unpaired) electrons. The third kappa shape index (κ3) is 5.89. The monoisotopic (exact) mass is 367 g/mol. The zero-order valence-electron chi connectivity index (χ0n) is 16.0. The van der Waals surface area contributed by atoms with Crippen LogP contribution in [-0.2, 0) is 17.9 Å². The summed E-state index contributed by atoms with van der Waals surface area (Å²) < 4.78 is 0. The third-order valence-corrected chi connectivity index (χ3v) is 5.06. The number of anilines is 1. The lowest BCUT2D eigenvalue weighted by Crippen LogP contribution is -2.52. The number of aliphatic hydroxyl groups is 1. The van der Waals surface area contributed by atoms with Gasteiger partial charge in [0.05, 0.1) is 0 Å². The van der Waals surface area contributed by atoms with Crippen molar-refractivity contribution in [3.8, 4) is 0 Å². The summed E-state index contributed by atoms with van der Waals surface area (Å²) in [5.74, 6) is -0.0517. The number of benzene rings is 2. The number of carbonyl (C=O) groups is 1. The summed E-state index contributed by atoms with van der Waals surface area (Å²) in [6.07, 6.45) is 0.796. The molecule has 2 N–H and O–H groups in total. The molecule has 3 rings (SSSR count). The van der Waals surface area contributed by atoms with E-state index in [1.807, 2.05) is 18.2 Å².